The Balaban J connectivity index is 1.44. The van der Waals surface area contributed by atoms with Crippen molar-refractivity contribution < 1.29 is 9.90 Å². The van der Waals surface area contributed by atoms with E-state index < -0.39 is 11.7 Å². The van der Waals surface area contributed by atoms with Gasteiger partial charge in [-0.1, -0.05) is 30.3 Å². The van der Waals surface area contributed by atoms with Gasteiger partial charge < -0.3 is 21.1 Å². The number of nitrogens with one attached hydrogen (secondary N) is 2. The summed E-state index contributed by atoms with van der Waals surface area (Å²) in [6, 6.07) is 15.5. The minimum absolute atomic E-state index is 0.0142. The van der Waals surface area contributed by atoms with E-state index in [1.54, 1.807) is 48.5 Å². The van der Waals surface area contributed by atoms with Crippen LogP contribution in [0.15, 0.2) is 65.6 Å². The van der Waals surface area contributed by atoms with E-state index >= 15 is 0 Å². The number of carbonyl (C=O) groups is 1. The van der Waals surface area contributed by atoms with Crippen LogP contribution in [-0.2, 0) is 6.54 Å². The van der Waals surface area contributed by atoms with Gasteiger partial charge in [-0.2, -0.15) is 4.98 Å². The molecule has 0 saturated heterocycles. The quantitative estimate of drug-likeness (QED) is 0.357. The average Bonchev–Trinajstić information content (AvgIpc) is 2.78. The number of benzene rings is 2. The number of nitrogen functional groups attached to an aromatic ring is 1. The zero-order valence-corrected chi connectivity index (χ0v) is 15.7. The Hall–Kier alpha value is -4.11. The van der Waals surface area contributed by atoms with Crippen molar-refractivity contribution in [3.63, 3.8) is 0 Å². The van der Waals surface area contributed by atoms with Crippen molar-refractivity contribution in [3.05, 3.63) is 88.0 Å². The molecular formula is C21H18N6O3. The molecule has 2 heterocycles. The standard InChI is InChI=1S/C21H18N6O3/c22-21-26-19-16(20(30)27-21)25-15(11-24-19)10-23-14-8-6-13(7-9-14)18(29)17(28)12-4-2-1-3-5-12/h1-9,11,17,23,28H,10H2,(H3,22,24,26,27,30). The number of rotatable bonds is 6. The van der Waals surface area contributed by atoms with Gasteiger partial charge in [0.05, 0.1) is 18.4 Å². The first-order valence-corrected chi connectivity index (χ1v) is 9.14. The molecule has 0 aliphatic carbocycles. The van der Waals surface area contributed by atoms with E-state index in [0.29, 0.717) is 23.4 Å². The molecule has 2 aromatic carbocycles. The van der Waals surface area contributed by atoms with Gasteiger partial charge in [0.25, 0.3) is 0 Å². The summed E-state index contributed by atoms with van der Waals surface area (Å²) in [7, 11) is 0. The van der Waals surface area contributed by atoms with Crippen molar-refractivity contribution in [3.8, 4) is 0 Å². The number of aromatic nitrogens is 4. The van der Waals surface area contributed by atoms with Crippen LogP contribution in [0.5, 0.6) is 0 Å². The smallest absolute Gasteiger partial charge is 0.302 e. The number of Topliss-reactive ketones (excluding diaryl/α,β-unsaturated/α-hetero) is 1. The highest BCUT2D eigenvalue weighted by Gasteiger charge is 2.18. The lowest BCUT2D eigenvalue weighted by molar-refractivity contribution is 0.0747. The van der Waals surface area contributed by atoms with E-state index in [9.17, 15) is 14.7 Å². The van der Waals surface area contributed by atoms with Gasteiger partial charge >= 0.3 is 5.56 Å². The normalized spacial score (nSPS) is 11.9. The van der Waals surface area contributed by atoms with Crippen LogP contribution in [0, 0.1) is 0 Å². The summed E-state index contributed by atoms with van der Waals surface area (Å²) in [6.45, 7) is 0.312. The fourth-order valence-corrected chi connectivity index (χ4v) is 2.95. The third-order valence-electron chi connectivity index (χ3n) is 4.50. The van der Waals surface area contributed by atoms with E-state index in [2.05, 4.69) is 25.3 Å². The van der Waals surface area contributed by atoms with E-state index in [-0.39, 0.29) is 22.9 Å². The first-order valence-electron chi connectivity index (χ1n) is 9.14. The van der Waals surface area contributed by atoms with E-state index in [0.717, 1.165) is 5.69 Å². The lowest BCUT2D eigenvalue weighted by Crippen LogP contribution is -2.15. The van der Waals surface area contributed by atoms with E-state index in [4.69, 9.17) is 5.73 Å². The molecule has 0 bridgehead atoms. The number of fused-ring (bicyclic) bond motifs is 1. The molecule has 0 spiro atoms. The zero-order valence-electron chi connectivity index (χ0n) is 15.7. The van der Waals surface area contributed by atoms with Crippen LogP contribution in [0.2, 0.25) is 0 Å². The molecule has 30 heavy (non-hydrogen) atoms. The maximum atomic E-state index is 12.5. The fraction of sp³-hybridized carbons (Fsp3) is 0.0952. The van der Waals surface area contributed by atoms with Crippen LogP contribution in [0.1, 0.15) is 27.7 Å². The molecule has 4 rings (SSSR count). The van der Waals surface area contributed by atoms with E-state index in [1.807, 2.05) is 6.07 Å². The van der Waals surface area contributed by atoms with Gasteiger partial charge in [-0.25, -0.2) is 9.97 Å². The Kier molecular flexibility index (Phi) is 5.19. The second-order valence-corrected chi connectivity index (χ2v) is 6.59. The molecule has 5 N–H and O–H groups in total. The Bertz CT molecular complexity index is 1260. The number of aromatic amines is 1. The van der Waals surface area contributed by atoms with Crippen molar-refractivity contribution >= 4 is 28.6 Å². The molecule has 0 radical (unpaired) electrons. The lowest BCUT2D eigenvalue weighted by atomic mass is 10.00. The topological polar surface area (TPSA) is 147 Å². The molecule has 0 amide bonds. The van der Waals surface area contributed by atoms with Crippen LogP contribution in [-0.4, -0.2) is 30.8 Å². The highest BCUT2D eigenvalue weighted by Crippen LogP contribution is 2.20. The van der Waals surface area contributed by atoms with Gasteiger partial charge in [0.1, 0.15) is 6.10 Å². The fourth-order valence-electron chi connectivity index (χ4n) is 2.95. The predicted octanol–water partition coefficient (Wildman–Crippen LogP) is 1.82. The molecule has 9 nitrogen and oxygen atoms in total. The van der Waals surface area contributed by atoms with Crippen LogP contribution in [0.3, 0.4) is 0 Å². The van der Waals surface area contributed by atoms with Gasteiger partial charge in [0, 0.05) is 11.3 Å². The molecule has 0 fully saturated rings. The summed E-state index contributed by atoms with van der Waals surface area (Å²) >= 11 is 0. The highest BCUT2D eigenvalue weighted by molar-refractivity contribution is 6.00. The van der Waals surface area contributed by atoms with Crippen LogP contribution >= 0.6 is 0 Å². The number of aliphatic hydroxyl groups is 1. The van der Waals surface area contributed by atoms with Gasteiger partial charge in [-0.15, -0.1) is 0 Å². The number of anilines is 2. The molecule has 0 aliphatic rings. The minimum Gasteiger partial charge on any atom is -0.380 e. The van der Waals surface area contributed by atoms with Gasteiger partial charge in [-0.3, -0.25) is 9.59 Å². The number of hydrogen-bond donors (Lipinski definition) is 4. The van der Waals surface area contributed by atoms with Gasteiger partial charge in [-0.05, 0) is 29.8 Å². The van der Waals surface area contributed by atoms with Crippen molar-refractivity contribution in [2.45, 2.75) is 12.6 Å². The second kappa shape index (κ2) is 8.10. The molecule has 1 unspecified atom stereocenters. The first kappa shape index (κ1) is 19.2. The lowest BCUT2D eigenvalue weighted by Gasteiger charge is -2.11. The summed E-state index contributed by atoms with van der Waals surface area (Å²) in [5, 5.41) is 13.4. The van der Waals surface area contributed by atoms with Crippen molar-refractivity contribution in [2.75, 3.05) is 11.1 Å². The molecule has 9 heteroatoms. The summed E-state index contributed by atoms with van der Waals surface area (Å²) in [5.74, 6) is -0.390. The molecule has 2 aromatic heterocycles. The third kappa shape index (κ3) is 4.01. The molecule has 0 saturated carbocycles. The second-order valence-electron chi connectivity index (χ2n) is 6.59. The summed E-state index contributed by atoms with van der Waals surface area (Å²) in [4.78, 5) is 39.1. The number of ketones is 1. The largest absolute Gasteiger partial charge is 0.380 e. The minimum atomic E-state index is -1.21. The molecule has 4 aromatic rings. The zero-order chi connectivity index (χ0) is 21.1. The molecule has 0 aliphatic heterocycles. The van der Waals surface area contributed by atoms with Crippen molar-refractivity contribution in [2.24, 2.45) is 0 Å². The predicted molar refractivity (Wildman–Crippen MR) is 112 cm³/mol. The number of hydrogen-bond acceptors (Lipinski definition) is 8. The number of H-pyrrole nitrogens is 1. The Labute approximate surface area is 170 Å². The van der Waals surface area contributed by atoms with Gasteiger partial charge in [0.2, 0.25) is 5.95 Å². The summed E-state index contributed by atoms with van der Waals surface area (Å²) in [5.41, 5.74) is 7.57. The SMILES string of the molecule is Nc1nc(=O)c2nc(CNc3ccc(C(=O)C(O)c4ccccc4)cc3)cnc2[nH]1. The number of aliphatic hydroxyl groups excluding tert-OH is 1. The van der Waals surface area contributed by atoms with Crippen LogP contribution < -0.4 is 16.6 Å². The third-order valence-corrected chi connectivity index (χ3v) is 4.50. The molecule has 150 valence electrons. The van der Waals surface area contributed by atoms with Crippen molar-refractivity contribution in [1.82, 2.24) is 19.9 Å². The Morgan fingerprint density at radius 2 is 1.83 bits per heavy atom. The summed E-state index contributed by atoms with van der Waals surface area (Å²) in [6.07, 6.45) is 0.317. The Morgan fingerprint density at radius 3 is 2.57 bits per heavy atom. The van der Waals surface area contributed by atoms with Gasteiger partial charge in [0.15, 0.2) is 16.9 Å². The monoisotopic (exact) mass is 402 g/mol. The van der Waals surface area contributed by atoms with Crippen LogP contribution in [0.4, 0.5) is 11.6 Å². The average molecular weight is 402 g/mol. The number of nitrogens with zero attached hydrogens (tertiary/aromatic N) is 3. The summed E-state index contributed by atoms with van der Waals surface area (Å²) < 4.78 is 0. The molecule has 1 atom stereocenters. The highest BCUT2D eigenvalue weighted by atomic mass is 16.3. The van der Waals surface area contributed by atoms with Crippen molar-refractivity contribution in [1.29, 1.82) is 0 Å². The number of carbonyl (C=O) groups excluding carboxylic acids is 1. The maximum absolute atomic E-state index is 12.5. The Morgan fingerprint density at radius 1 is 1.10 bits per heavy atom. The maximum Gasteiger partial charge on any atom is 0.302 e. The first-order chi connectivity index (χ1) is 14.5. The molecular weight excluding hydrogens is 384 g/mol. The van der Waals surface area contributed by atoms with E-state index in [1.165, 1.54) is 6.20 Å². The number of nitrogens with two attached hydrogens (primary N) is 1. The van der Waals surface area contributed by atoms with Crippen LogP contribution in [0.25, 0.3) is 11.2 Å².